The lowest BCUT2D eigenvalue weighted by atomic mass is 10.1. The second-order valence-electron chi connectivity index (χ2n) is 5.94. The van der Waals surface area contributed by atoms with Crippen molar-refractivity contribution < 1.29 is 28.7 Å². The van der Waals surface area contributed by atoms with E-state index in [-0.39, 0.29) is 11.3 Å². The molecule has 27 heavy (non-hydrogen) atoms. The molecule has 0 saturated heterocycles. The summed E-state index contributed by atoms with van der Waals surface area (Å²) in [5, 5.41) is 11.2. The third-order valence-electron chi connectivity index (χ3n) is 4.04. The van der Waals surface area contributed by atoms with Crippen molar-refractivity contribution in [3.63, 3.8) is 0 Å². The summed E-state index contributed by atoms with van der Waals surface area (Å²) < 4.78 is 16.0. The molecule has 0 saturated carbocycles. The number of carbonyl (C=O) groups excluding carboxylic acids is 2. The van der Waals surface area contributed by atoms with Crippen LogP contribution in [0.2, 0.25) is 0 Å². The van der Waals surface area contributed by atoms with Crippen molar-refractivity contribution in [2.75, 3.05) is 19.8 Å². The number of para-hydroxylation sites is 1. The van der Waals surface area contributed by atoms with Crippen molar-refractivity contribution in [2.24, 2.45) is 0 Å². The molecule has 0 radical (unpaired) electrons. The van der Waals surface area contributed by atoms with Gasteiger partial charge in [0.2, 0.25) is 0 Å². The Balaban J connectivity index is 1.71. The van der Waals surface area contributed by atoms with Crippen molar-refractivity contribution in [1.82, 2.24) is 0 Å². The largest absolute Gasteiger partial charge is 0.490 e. The molecule has 0 amide bonds. The number of aryl methyl sites for hydroxylation is 1. The number of ketones is 1. The van der Waals surface area contributed by atoms with E-state index in [9.17, 15) is 19.7 Å². The number of fused-ring (bicyclic) bond motifs is 1. The van der Waals surface area contributed by atoms with Gasteiger partial charge in [0.05, 0.1) is 18.1 Å². The molecule has 1 aliphatic rings. The lowest BCUT2D eigenvalue weighted by molar-refractivity contribution is -0.385. The van der Waals surface area contributed by atoms with Gasteiger partial charge in [-0.15, -0.1) is 0 Å². The zero-order chi connectivity index (χ0) is 19.4. The smallest absolute Gasteiger partial charge is 0.345 e. The number of Topliss-reactive ketones (excluding diaryl/α,β-unsaturated/α-hetero) is 1. The third-order valence-corrected chi connectivity index (χ3v) is 4.04. The van der Waals surface area contributed by atoms with Crippen LogP contribution in [-0.2, 0) is 4.74 Å². The SMILES string of the molecule is Cc1cccc(C(=O)OCC(=O)c2ccc3c(c2)OCCCO3)c1[N+](=O)[O-]. The molecule has 0 unspecified atom stereocenters. The zero-order valence-corrected chi connectivity index (χ0v) is 14.6. The summed E-state index contributed by atoms with van der Waals surface area (Å²) in [5.74, 6) is -0.363. The van der Waals surface area contributed by atoms with Crippen molar-refractivity contribution in [3.05, 3.63) is 63.2 Å². The van der Waals surface area contributed by atoms with E-state index < -0.39 is 23.3 Å². The summed E-state index contributed by atoms with van der Waals surface area (Å²) in [5.41, 5.74) is 0.117. The van der Waals surface area contributed by atoms with Gasteiger partial charge in [-0.3, -0.25) is 14.9 Å². The first-order valence-electron chi connectivity index (χ1n) is 8.31. The number of esters is 1. The normalized spacial score (nSPS) is 12.8. The average molecular weight is 371 g/mol. The summed E-state index contributed by atoms with van der Waals surface area (Å²) in [4.78, 5) is 35.1. The van der Waals surface area contributed by atoms with Gasteiger partial charge in [-0.25, -0.2) is 4.79 Å². The molecule has 2 aromatic rings. The first-order valence-corrected chi connectivity index (χ1v) is 8.31. The highest BCUT2D eigenvalue weighted by molar-refractivity contribution is 6.00. The fraction of sp³-hybridized carbons (Fsp3) is 0.263. The third kappa shape index (κ3) is 4.05. The van der Waals surface area contributed by atoms with Gasteiger partial charge in [0.1, 0.15) is 5.56 Å². The van der Waals surface area contributed by atoms with E-state index in [1.54, 1.807) is 12.1 Å². The molecular formula is C19H17NO7. The molecule has 0 spiro atoms. The molecule has 8 heteroatoms. The summed E-state index contributed by atoms with van der Waals surface area (Å²) >= 11 is 0. The molecule has 1 heterocycles. The van der Waals surface area contributed by atoms with Gasteiger partial charge in [0.25, 0.3) is 5.69 Å². The molecule has 8 nitrogen and oxygen atoms in total. The zero-order valence-electron chi connectivity index (χ0n) is 14.6. The maximum absolute atomic E-state index is 12.3. The van der Waals surface area contributed by atoms with Crippen LogP contribution in [0.25, 0.3) is 0 Å². The minimum Gasteiger partial charge on any atom is -0.490 e. The molecule has 0 aliphatic carbocycles. The minimum absolute atomic E-state index is 0.188. The number of nitro groups is 1. The lowest BCUT2D eigenvalue weighted by Gasteiger charge is -2.09. The Morgan fingerprint density at radius 3 is 2.63 bits per heavy atom. The van der Waals surface area contributed by atoms with E-state index >= 15 is 0 Å². The molecule has 1 aliphatic heterocycles. The number of ether oxygens (including phenoxy) is 3. The van der Waals surface area contributed by atoms with Gasteiger partial charge in [0.15, 0.2) is 23.9 Å². The predicted octanol–water partition coefficient (Wildman–Crippen LogP) is 3.10. The molecule has 140 valence electrons. The van der Waals surface area contributed by atoms with Crippen LogP contribution < -0.4 is 9.47 Å². The van der Waals surface area contributed by atoms with Crippen molar-refractivity contribution >= 4 is 17.4 Å². The van der Waals surface area contributed by atoms with Gasteiger partial charge in [-0.1, -0.05) is 12.1 Å². The molecule has 2 aromatic carbocycles. The van der Waals surface area contributed by atoms with Gasteiger partial charge in [-0.05, 0) is 31.2 Å². The van der Waals surface area contributed by atoms with Crippen LogP contribution in [0.4, 0.5) is 5.69 Å². The van der Waals surface area contributed by atoms with Gasteiger partial charge in [0, 0.05) is 17.5 Å². The molecule has 3 rings (SSSR count). The Bertz CT molecular complexity index is 907. The molecule has 0 N–H and O–H groups in total. The molecule has 0 atom stereocenters. The Labute approximate surface area is 154 Å². The van der Waals surface area contributed by atoms with Crippen molar-refractivity contribution in [1.29, 1.82) is 0 Å². The monoisotopic (exact) mass is 371 g/mol. The number of nitrogens with zero attached hydrogens (tertiary/aromatic N) is 1. The number of rotatable bonds is 5. The quantitative estimate of drug-likeness (QED) is 0.344. The second kappa shape index (κ2) is 7.86. The molecule has 0 fully saturated rings. The van der Waals surface area contributed by atoms with E-state index in [0.29, 0.717) is 35.8 Å². The maximum atomic E-state index is 12.3. The lowest BCUT2D eigenvalue weighted by Crippen LogP contribution is -2.16. The predicted molar refractivity (Wildman–Crippen MR) is 94.5 cm³/mol. The highest BCUT2D eigenvalue weighted by Gasteiger charge is 2.24. The van der Waals surface area contributed by atoms with Crippen LogP contribution in [-0.4, -0.2) is 36.5 Å². The van der Waals surface area contributed by atoms with Crippen LogP contribution in [0.15, 0.2) is 36.4 Å². The number of hydrogen-bond donors (Lipinski definition) is 0. The van der Waals surface area contributed by atoms with E-state index in [2.05, 4.69) is 0 Å². The van der Waals surface area contributed by atoms with Gasteiger partial charge >= 0.3 is 5.97 Å². The van der Waals surface area contributed by atoms with Gasteiger partial charge in [-0.2, -0.15) is 0 Å². The van der Waals surface area contributed by atoms with Crippen molar-refractivity contribution in [2.45, 2.75) is 13.3 Å². The summed E-state index contributed by atoms with van der Waals surface area (Å²) in [6.45, 7) is 2.01. The topological polar surface area (TPSA) is 105 Å². The number of carbonyl (C=O) groups is 2. The van der Waals surface area contributed by atoms with E-state index in [1.807, 2.05) is 0 Å². The fourth-order valence-electron chi connectivity index (χ4n) is 2.69. The standard InChI is InChI=1S/C19H17NO7/c1-12-4-2-5-14(18(12)20(23)24)19(22)27-11-15(21)13-6-7-16-17(10-13)26-9-3-8-25-16/h2,4-7,10H,3,8-9,11H2,1H3. The van der Waals surface area contributed by atoms with Crippen LogP contribution in [0.5, 0.6) is 11.5 Å². The van der Waals surface area contributed by atoms with E-state index in [4.69, 9.17) is 14.2 Å². The second-order valence-corrected chi connectivity index (χ2v) is 5.94. The number of benzene rings is 2. The van der Waals surface area contributed by atoms with Crippen LogP contribution >= 0.6 is 0 Å². The van der Waals surface area contributed by atoms with Crippen molar-refractivity contribution in [3.8, 4) is 11.5 Å². The highest BCUT2D eigenvalue weighted by Crippen LogP contribution is 2.30. The Kier molecular flexibility index (Phi) is 5.35. The average Bonchev–Trinajstić information content (AvgIpc) is 2.90. The summed E-state index contributed by atoms with van der Waals surface area (Å²) in [7, 11) is 0. The first-order chi connectivity index (χ1) is 13.0. The molecule has 0 aromatic heterocycles. The van der Waals surface area contributed by atoms with Crippen LogP contribution in [0.3, 0.4) is 0 Å². The van der Waals surface area contributed by atoms with Crippen LogP contribution in [0, 0.1) is 17.0 Å². The van der Waals surface area contributed by atoms with Gasteiger partial charge < -0.3 is 14.2 Å². The molecule has 0 bridgehead atoms. The Hall–Kier alpha value is -3.42. The fourth-order valence-corrected chi connectivity index (χ4v) is 2.69. The minimum atomic E-state index is -0.923. The Morgan fingerprint density at radius 1 is 1.15 bits per heavy atom. The number of hydrogen-bond acceptors (Lipinski definition) is 7. The number of nitro benzene ring substituents is 1. The molecular weight excluding hydrogens is 354 g/mol. The Morgan fingerprint density at radius 2 is 1.89 bits per heavy atom. The van der Waals surface area contributed by atoms with E-state index in [1.165, 1.54) is 31.2 Å². The van der Waals surface area contributed by atoms with E-state index in [0.717, 1.165) is 6.42 Å². The maximum Gasteiger partial charge on any atom is 0.345 e. The first kappa shape index (κ1) is 18.4. The summed E-state index contributed by atoms with van der Waals surface area (Å²) in [6, 6.07) is 9.06. The van der Waals surface area contributed by atoms with Crippen LogP contribution in [0.1, 0.15) is 32.7 Å². The summed E-state index contributed by atoms with van der Waals surface area (Å²) in [6.07, 6.45) is 0.741. The highest BCUT2D eigenvalue weighted by atomic mass is 16.6.